The Hall–Kier alpha value is -1.10. The maximum atomic E-state index is 11.8. The van der Waals surface area contributed by atoms with Crippen molar-refractivity contribution in [1.29, 1.82) is 0 Å². The van der Waals surface area contributed by atoms with E-state index in [2.05, 4.69) is 0 Å². The lowest BCUT2D eigenvalue weighted by Crippen LogP contribution is -2.41. The van der Waals surface area contributed by atoms with Gasteiger partial charge in [-0.1, -0.05) is 0 Å². The average molecular weight is 258 g/mol. The maximum Gasteiger partial charge on any atom is 0.320 e. The van der Waals surface area contributed by atoms with E-state index in [1.165, 1.54) is 0 Å². The van der Waals surface area contributed by atoms with Gasteiger partial charge in [0.15, 0.2) is 0 Å². The summed E-state index contributed by atoms with van der Waals surface area (Å²) in [7, 11) is 1.74. The second-order valence-electron chi connectivity index (χ2n) is 5.32. The number of rotatable bonds is 6. The molecule has 0 atom stereocenters. The van der Waals surface area contributed by atoms with E-state index in [4.69, 9.17) is 4.74 Å². The molecule has 0 rings (SSSR count). The Bertz CT molecular complexity index is 280. The summed E-state index contributed by atoms with van der Waals surface area (Å²) in [5, 5.41) is 0. The zero-order chi connectivity index (χ0) is 14.3. The van der Waals surface area contributed by atoms with Gasteiger partial charge in [-0.05, 0) is 41.7 Å². The molecule has 0 aliphatic rings. The highest BCUT2D eigenvalue weighted by Crippen LogP contribution is 2.07. The molecule has 0 heterocycles. The molecule has 0 aliphatic carbocycles. The second-order valence-corrected chi connectivity index (χ2v) is 5.32. The van der Waals surface area contributed by atoms with Crippen molar-refractivity contribution >= 4 is 11.9 Å². The third-order valence-electron chi connectivity index (χ3n) is 2.34. The summed E-state index contributed by atoms with van der Waals surface area (Å²) in [5.41, 5.74) is -0.485. The Labute approximate surface area is 110 Å². The number of carbonyl (C=O) groups excluding carboxylic acids is 2. The summed E-state index contributed by atoms with van der Waals surface area (Å²) in [6.45, 7) is 11.1. The van der Waals surface area contributed by atoms with Crippen LogP contribution in [0.2, 0.25) is 0 Å². The fraction of sp³-hybridized carbons (Fsp3) is 0.846. The SMILES string of the molecule is CCN(CC)C(=O)CN(C)CC(=O)OC(C)(C)C. The Morgan fingerprint density at radius 1 is 1.06 bits per heavy atom. The monoisotopic (exact) mass is 258 g/mol. The quantitative estimate of drug-likeness (QED) is 0.670. The molecule has 0 saturated heterocycles. The molecule has 0 N–H and O–H groups in total. The molecular formula is C13H26N2O3. The standard InChI is InChI=1S/C13H26N2O3/c1-7-15(8-2)11(16)9-14(6)10-12(17)18-13(3,4)5/h7-10H2,1-6H3. The zero-order valence-corrected chi connectivity index (χ0v) is 12.4. The number of amides is 1. The fourth-order valence-corrected chi connectivity index (χ4v) is 1.56. The van der Waals surface area contributed by atoms with Crippen molar-refractivity contribution in [2.24, 2.45) is 0 Å². The van der Waals surface area contributed by atoms with E-state index >= 15 is 0 Å². The van der Waals surface area contributed by atoms with Crippen molar-refractivity contribution in [2.75, 3.05) is 33.2 Å². The van der Waals surface area contributed by atoms with Gasteiger partial charge in [0.1, 0.15) is 5.60 Å². The normalized spacial score (nSPS) is 11.5. The van der Waals surface area contributed by atoms with Gasteiger partial charge in [-0.15, -0.1) is 0 Å². The van der Waals surface area contributed by atoms with Gasteiger partial charge in [0, 0.05) is 13.1 Å². The van der Waals surface area contributed by atoms with E-state index in [1.807, 2.05) is 34.6 Å². The van der Waals surface area contributed by atoms with Crippen LogP contribution in [-0.2, 0) is 14.3 Å². The Morgan fingerprint density at radius 3 is 1.94 bits per heavy atom. The molecule has 1 amide bonds. The number of ether oxygens (including phenoxy) is 1. The van der Waals surface area contributed by atoms with Crippen molar-refractivity contribution in [3.05, 3.63) is 0 Å². The van der Waals surface area contributed by atoms with E-state index in [0.717, 1.165) is 0 Å². The molecule has 0 aromatic rings. The van der Waals surface area contributed by atoms with Gasteiger partial charge in [0.2, 0.25) is 5.91 Å². The molecule has 5 heteroatoms. The number of esters is 1. The van der Waals surface area contributed by atoms with Crippen LogP contribution in [0.1, 0.15) is 34.6 Å². The van der Waals surface area contributed by atoms with E-state index in [9.17, 15) is 9.59 Å². The Kier molecular flexibility index (Phi) is 6.91. The van der Waals surface area contributed by atoms with Crippen molar-refractivity contribution in [3.8, 4) is 0 Å². The van der Waals surface area contributed by atoms with Crippen LogP contribution < -0.4 is 0 Å². The fourth-order valence-electron chi connectivity index (χ4n) is 1.56. The first kappa shape index (κ1) is 16.9. The lowest BCUT2D eigenvalue weighted by Gasteiger charge is -2.24. The molecule has 0 aromatic carbocycles. The van der Waals surface area contributed by atoms with Gasteiger partial charge in [-0.25, -0.2) is 0 Å². The molecule has 0 aliphatic heterocycles. The molecule has 18 heavy (non-hydrogen) atoms. The predicted molar refractivity (Wildman–Crippen MR) is 71.3 cm³/mol. The number of hydrogen-bond donors (Lipinski definition) is 0. The molecule has 0 fully saturated rings. The smallest absolute Gasteiger partial charge is 0.320 e. The van der Waals surface area contributed by atoms with Crippen LogP contribution >= 0.6 is 0 Å². The minimum atomic E-state index is -0.485. The molecule has 0 radical (unpaired) electrons. The van der Waals surface area contributed by atoms with Crippen molar-refractivity contribution in [1.82, 2.24) is 9.80 Å². The molecule has 0 aromatic heterocycles. The molecule has 5 nitrogen and oxygen atoms in total. The van der Waals surface area contributed by atoms with E-state index in [0.29, 0.717) is 13.1 Å². The number of nitrogens with zero attached hydrogens (tertiary/aromatic N) is 2. The first-order valence-electron chi connectivity index (χ1n) is 6.37. The summed E-state index contributed by atoms with van der Waals surface area (Å²) >= 11 is 0. The molecule has 0 bridgehead atoms. The first-order valence-corrected chi connectivity index (χ1v) is 6.37. The highest BCUT2D eigenvalue weighted by atomic mass is 16.6. The number of carbonyl (C=O) groups is 2. The van der Waals surface area contributed by atoms with Crippen LogP contribution in [0.15, 0.2) is 0 Å². The third-order valence-corrected chi connectivity index (χ3v) is 2.34. The summed E-state index contributed by atoms with van der Waals surface area (Å²) < 4.78 is 5.20. The summed E-state index contributed by atoms with van der Waals surface area (Å²) in [6, 6.07) is 0. The number of hydrogen-bond acceptors (Lipinski definition) is 4. The Balaban J connectivity index is 4.15. The van der Waals surface area contributed by atoms with Gasteiger partial charge in [0.25, 0.3) is 0 Å². The molecule has 0 spiro atoms. The summed E-state index contributed by atoms with van der Waals surface area (Å²) in [5.74, 6) is -0.275. The lowest BCUT2D eigenvalue weighted by atomic mass is 10.2. The van der Waals surface area contributed by atoms with Crippen molar-refractivity contribution in [3.63, 3.8) is 0 Å². The number of likely N-dealkylation sites (N-methyl/N-ethyl adjacent to an activating group) is 2. The van der Waals surface area contributed by atoms with E-state index in [-0.39, 0.29) is 25.0 Å². The minimum Gasteiger partial charge on any atom is -0.459 e. The van der Waals surface area contributed by atoms with Gasteiger partial charge in [0.05, 0.1) is 13.1 Å². The van der Waals surface area contributed by atoms with Gasteiger partial charge < -0.3 is 9.64 Å². The van der Waals surface area contributed by atoms with Gasteiger partial charge in [-0.3, -0.25) is 14.5 Å². The van der Waals surface area contributed by atoms with Crippen molar-refractivity contribution < 1.29 is 14.3 Å². The highest BCUT2D eigenvalue weighted by molar-refractivity contribution is 5.79. The molecule has 0 saturated carbocycles. The molecule has 0 unspecified atom stereocenters. The Morgan fingerprint density at radius 2 is 1.56 bits per heavy atom. The second kappa shape index (κ2) is 7.36. The summed E-state index contributed by atoms with van der Waals surface area (Å²) in [6.07, 6.45) is 0. The van der Waals surface area contributed by atoms with E-state index in [1.54, 1.807) is 16.8 Å². The average Bonchev–Trinajstić information content (AvgIpc) is 2.15. The maximum absolute atomic E-state index is 11.8. The van der Waals surface area contributed by atoms with Crippen LogP contribution in [0.25, 0.3) is 0 Å². The highest BCUT2D eigenvalue weighted by Gasteiger charge is 2.19. The third kappa shape index (κ3) is 7.27. The van der Waals surface area contributed by atoms with Gasteiger partial charge >= 0.3 is 5.97 Å². The van der Waals surface area contributed by atoms with Crippen LogP contribution in [-0.4, -0.2) is 60.5 Å². The topological polar surface area (TPSA) is 49.9 Å². The first-order chi connectivity index (χ1) is 8.19. The summed E-state index contributed by atoms with van der Waals surface area (Å²) in [4.78, 5) is 26.8. The van der Waals surface area contributed by atoms with Crippen molar-refractivity contribution in [2.45, 2.75) is 40.2 Å². The van der Waals surface area contributed by atoms with Gasteiger partial charge in [-0.2, -0.15) is 0 Å². The van der Waals surface area contributed by atoms with Crippen LogP contribution in [0, 0.1) is 0 Å². The minimum absolute atomic E-state index is 0.0334. The zero-order valence-electron chi connectivity index (χ0n) is 12.4. The van der Waals surface area contributed by atoms with Crippen LogP contribution in [0.3, 0.4) is 0 Å². The largest absolute Gasteiger partial charge is 0.459 e. The van der Waals surface area contributed by atoms with Crippen LogP contribution in [0.5, 0.6) is 0 Å². The van der Waals surface area contributed by atoms with E-state index < -0.39 is 5.60 Å². The molecule has 106 valence electrons. The predicted octanol–water partition coefficient (Wildman–Crippen LogP) is 1.13. The lowest BCUT2D eigenvalue weighted by molar-refractivity contribution is -0.156. The molecular weight excluding hydrogens is 232 g/mol. The van der Waals surface area contributed by atoms with Crippen LogP contribution in [0.4, 0.5) is 0 Å².